The minimum absolute atomic E-state index is 0.169. The molecule has 0 amide bonds. The van der Waals surface area contributed by atoms with E-state index < -0.39 is 5.60 Å². The summed E-state index contributed by atoms with van der Waals surface area (Å²) in [6, 6.07) is 9.91. The molecule has 1 aromatic rings. The first-order valence-corrected chi connectivity index (χ1v) is 7.70. The second-order valence-electron chi connectivity index (χ2n) is 6.32. The molecule has 118 valence electrons. The van der Waals surface area contributed by atoms with Crippen molar-refractivity contribution in [3.8, 4) is 0 Å². The minimum Gasteiger partial charge on any atom is -0.464 e. The molecule has 0 unspecified atom stereocenters. The van der Waals surface area contributed by atoms with Gasteiger partial charge in [0, 0.05) is 11.0 Å². The van der Waals surface area contributed by atoms with Crippen molar-refractivity contribution in [1.29, 1.82) is 0 Å². The molecule has 1 fully saturated rings. The van der Waals surface area contributed by atoms with Crippen LogP contribution in [0, 0.1) is 5.41 Å². The lowest BCUT2D eigenvalue weighted by molar-refractivity contribution is -0.166. The molecule has 3 rings (SSSR count). The summed E-state index contributed by atoms with van der Waals surface area (Å²) in [6.07, 6.45) is 0. The minimum atomic E-state index is -1.08. The monoisotopic (exact) mass is 302 g/mol. The summed E-state index contributed by atoms with van der Waals surface area (Å²) in [5.41, 5.74) is 1.79. The molecule has 0 aliphatic carbocycles. The zero-order valence-electron chi connectivity index (χ0n) is 13.3. The molecule has 0 aromatic heterocycles. The molecule has 1 saturated heterocycles. The fourth-order valence-electron chi connectivity index (χ4n) is 3.29. The molecule has 4 heteroatoms. The molecule has 22 heavy (non-hydrogen) atoms. The molecule has 0 spiro atoms. The highest BCUT2D eigenvalue weighted by Gasteiger charge is 2.52. The smallest absolute Gasteiger partial charge is 0.342 e. The number of carbonyl (C=O) groups excluding carboxylic acids is 1. The van der Waals surface area contributed by atoms with Gasteiger partial charge in [-0.25, -0.2) is 4.79 Å². The largest absolute Gasteiger partial charge is 0.464 e. The van der Waals surface area contributed by atoms with Crippen LogP contribution in [-0.4, -0.2) is 38.0 Å². The topological polar surface area (TPSA) is 44.8 Å². The number of hydrogen-bond donors (Lipinski definition) is 0. The van der Waals surface area contributed by atoms with Crippen molar-refractivity contribution in [1.82, 2.24) is 0 Å². The Kier molecular flexibility index (Phi) is 3.83. The molecule has 0 bridgehead atoms. The van der Waals surface area contributed by atoms with Crippen molar-refractivity contribution in [2.75, 3.05) is 26.4 Å². The van der Waals surface area contributed by atoms with E-state index in [-0.39, 0.29) is 11.4 Å². The van der Waals surface area contributed by atoms with Crippen molar-refractivity contribution in [3.05, 3.63) is 41.5 Å². The number of ether oxygens (including phenoxy) is 3. The Morgan fingerprint density at radius 1 is 1.23 bits per heavy atom. The van der Waals surface area contributed by atoms with Crippen LogP contribution in [-0.2, 0) is 19.0 Å². The Bertz CT molecular complexity index is 607. The van der Waals surface area contributed by atoms with Crippen molar-refractivity contribution >= 4 is 11.5 Å². The van der Waals surface area contributed by atoms with Gasteiger partial charge in [0.05, 0.1) is 26.4 Å². The molecular weight excluding hydrogens is 280 g/mol. The van der Waals surface area contributed by atoms with E-state index in [0.717, 1.165) is 16.7 Å². The predicted octanol–water partition coefficient (Wildman–Crippen LogP) is 2.83. The number of esters is 1. The first-order chi connectivity index (χ1) is 10.5. The number of hydrogen-bond acceptors (Lipinski definition) is 4. The van der Waals surface area contributed by atoms with Crippen LogP contribution in [0.2, 0.25) is 0 Å². The highest BCUT2D eigenvalue weighted by Crippen LogP contribution is 2.48. The number of benzene rings is 1. The van der Waals surface area contributed by atoms with E-state index in [1.54, 1.807) is 6.92 Å². The second kappa shape index (κ2) is 5.52. The Morgan fingerprint density at radius 2 is 1.95 bits per heavy atom. The summed E-state index contributed by atoms with van der Waals surface area (Å²) in [6.45, 7) is 7.71. The van der Waals surface area contributed by atoms with Gasteiger partial charge >= 0.3 is 5.97 Å². The highest BCUT2D eigenvalue weighted by atomic mass is 16.6. The van der Waals surface area contributed by atoms with E-state index >= 15 is 0 Å². The molecule has 0 saturated carbocycles. The van der Waals surface area contributed by atoms with Crippen molar-refractivity contribution in [3.63, 3.8) is 0 Å². The van der Waals surface area contributed by atoms with Crippen molar-refractivity contribution in [2.45, 2.75) is 26.4 Å². The molecule has 2 aliphatic heterocycles. The lowest BCUT2D eigenvalue weighted by Crippen LogP contribution is -2.49. The summed E-state index contributed by atoms with van der Waals surface area (Å²) in [5, 5.41) is 0. The van der Waals surface area contributed by atoms with Crippen LogP contribution >= 0.6 is 0 Å². The van der Waals surface area contributed by atoms with Gasteiger partial charge in [-0.15, -0.1) is 0 Å². The molecule has 2 atom stereocenters. The Balaban J connectivity index is 2.18. The second-order valence-corrected chi connectivity index (χ2v) is 6.32. The van der Waals surface area contributed by atoms with Crippen LogP contribution in [0.1, 0.15) is 26.3 Å². The van der Waals surface area contributed by atoms with E-state index in [2.05, 4.69) is 6.92 Å². The van der Waals surface area contributed by atoms with Gasteiger partial charge in [-0.1, -0.05) is 37.3 Å². The first-order valence-electron chi connectivity index (χ1n) is 7.70. The van der Waals surface area contributed by atoms with Crippen LogP contribution in [0.5, 0.6) is 0 Å². The van der Waals surface area contributed by atoms with E-state index in [0.29, 0.717) is 26.4 Å². The third kappa shape index (κ3) is 2.27. The summed E-state index contributed by atoms with van der Waals surface area (Å²) in [5.74, 6) is -0.338. The fraction of sp³-hybridized carbons (Fsp3) is 0.500. The summed E-state index contributed by atoms with van der Waals surface area (Å²) >= 11 is 0. The van der Waals surface area contributed by atoms with E-state index in [1.807, 2.05) is 37.3 Å². The molecule has 1 aromatic carbocycles. The van der Waals surface area contributed by atoms with Gasteiger partial charge < -0.3 is 14.2 Å². The standard InChI is InChI=1S/C18H22O4/c1-4-21-16(19)18(3)15(13-8-6-5-7-9-13)14-10-20-11-17(14,2)12-22-18/h5-9H,4,10-12H2,1-3H3/t17-,18+/m1/s1. The highest BCUT2D eigenvalue weighted by molar-refractivity contribution is 5.98. The normalized spacial score (nSPS) is 31.0. The number of fused-ring (bicyclic) bond motifs is 1. The first kappa shape index (κ1) is 15.3. The summed E-state index contributed by atoms with van der Waals surface area (Å²) < 4.78 is 17.0. The van der Waals surface area contributed by atoms with Gasteiger partial charge in [0.25, 0.3) is 0 Å². The van der Waals surface area contributed by atoms with Crippen LogP contribution in [0.3, 0.4) is 0 Å². The van der Waals surface area contributed by atoms with Crippen molar-refractivity contribution in [2.24, 2.45) is 5.41 Å². The number of rotatable bonds is 3. The van der Waals surface area contributed by atoms with Gasteiger partial charge in [-0.05, 0) is 25.0 Å². The van der Waals surface area contributed by atoms with Gasteiger partial charge in [0.2, 0.25) is 0 Å². The maximum atomic E-state index is 12.6. The Hall–Kier alpha value is -1.65. The zero-order chi connectivity index (χ0) is 15.8. The zero-order valence-corrected chi connectivity index (χ0v) is 13.3. The average molecular weight is 302 g/mol. The van der Waals surface area contributed by atoms with Gasteiger partial charge in [0.15, 0.2) is 5.60 Å². The van der Waals surface area contributed by atoms with E-state index in [4.69, 9.17) is 14.2 Å². The van der Waals surface area contributed by atoms with Gasteiger partial charge in [-0.3, -0.25) is 0 Å². The third-order valence-electron chi connectivity index (χ3n) is 4.58. The van der Waals surface area contributed by atoms with Crippen LogP contribution in [0.25, 0.3) is 5.57 Å². The van der Waals surface area contributed by atoms with E-state index in [1.165, 1.54) is 0 Å². The summed E-state index contributed by atoms with van der Waals surface area (Å²) in [4.78, 5) is 12.6. The quantitative estimate of drug-likeness (QED) is 0.805. The average Bonchev–Trinajstić information content (AvgIpc) is 2.90. The maximum absolute atomic E-state index is 12.6. The fourth-order valence-corrected chi connectivity index (χ4v) is 3.29. The Labute approximate surface area is 131 Å². The molecule has 2 aliphatic rings. The summed E-state index contributed by atoms with van der Waals surface area (Å²) in [7, 11) is 0. The molecule has 4 nitrogen and oxygen atoms in total. The number of carbonyl (C=O) groups is 1. The predicted molar refractivity (Wildman–Crippen MR) is 83.3 cm³/mol. The van der Waals surface area contributed by atoms with Crippen LogP contribution < -0.4 is 0 Å². The lowest BCUT2D eigenvalue weighted by atomic mass is 9.73. The molecule has 0 radical (unpaired) electrons. The van der Waals surface area contributed by atoms with Crippen LogP contribution in [0.15, 0.2) is 35.9 Å². The van der Waals surface area contributed by atoms with Gasteiger partial charge in [-0.2, -0.15) is 0 Å². The Morgan fingerprint density at radius 3 is 2.64 bits per heavy atom. The molecule has 0 N–H and O–H groups in total. The van der Waals surface area contributed by atoms with Gasteiger partial charge in [0.1, 0.15) is 0 Å². The molecular formula is C18H22O4. The maximum Gasteiger partial charge on any atom is 0.342 e. The lowest BCUT2D eigenvalue weighted by Gasteiger charge is -2.41. The third-order valence-corrected chi connectivity index (χ3v) is 4.58. The van der Waals surface area contributed by atoms with E-state index in [9.17, 15) is 4.79 Å². The SMILES string of the molecule is CCOC(=O)[C@@]1(C)OC[C@@]2(C)COCC2=C1c1ccccc1. The van der Waals surface area contributed by atoms with Crippen molar-refractivity contribution < 1.29 is 19.0 Å². The van der Waals surface area contributed by atoms with Crippen LogP contribution in [0.4, 0.5) is 0 Å². The molecule has 2 heterocycles.